The lowest BCUT2D eigenvalue weighted by atomic mass is 9.61. The molecule has 1 aliphatic heterocycles. The number of ether oxygens (including phenoxy) is 1. The van der Waals surface area contributed by atoms with Crippen LogP contribution in [0, 0.1) is 11.3 Å². The van der Waals surface area contributed by atoms with Crippen molar-refractivity contribution >= 4 is 0 Å². The quantitative estimate of drug-likeness (QED) is 0.672. The molecule has 1 heterocycles. The summed E-state index contributed by atoms with van der Waals surface area (Å²) in [5.41, 5.74) is 0.487. The minimum absolute atomic E-state index is 0.249. The predicted molar refractivity (Wildman–Crippen MR) is 53.5 cm³/mol. The second-order valence-electron chi connectivity index (χ2n) is 5.06. The van der Waals surface area contributed by atoms with Crippen molar-refractivity contribution in [3.63, 3.8) is 0 Å². The van der Waals surface area contributed by atoms with Gasteiger partial charge in [0, 0.05) is 11.5 Å². The molecule has 2 nitrogen and oxygen atoms in total. The average molecular weight is 183 g/mol. The van der Waals surface area contributed by atoms with Crippen molar-refractivity contribution in [2.24, 2.45) is 11.3 Å². The summed E-state index contributed by atoms with van der Waals surface area (Å²) in [5, 5.41) is 3.59. The minimum Gasteiger partial charge on any atom is -0.363 e. The molecule has 2 aliphatic rings. The van der Waals surface area contributed by atoms with Crippen molar-refractivity contribution in [2.45, 2.75) is 52.3 Å². The molecule has 1 spiro atoms. The van der Waals surface area contributed by atoms with E-state index in [2.05, 4.69) is 26.1 Å². The van der Waals surface area contributed by atoms with Gasteiger partial charge in [0.25, 0.3) is 0 Å². The lowest BCUT2D eigenvalue weighted by Crippen LogP contribution is -2.61. The molecule has 0 radical (unpaired) electrons. The standard InChI is InChI=1S/C11H21NO/c1-8(2)10-11(5-4-6-11)7-13-9(3)12-10/h8-10,12H,4-7H2,1-3H3. The second kappa shape index (κ2) is 3.25. The molecule has 2 heteroatoms. The molecule has 0 aromatic carbocycles. The largest absolute Gasteiger partial charge is 0.363 e. The van der Waals surface area contributed by atoms with Crippen molar-refractivity contribution in [1.82, 2.24) is 5.32 Å². The molecule has 76 valence electrons. The van der Waals surface area contributed by atoms with Gasteiger partial charge in [-0.25, -0.2) is 0 Å². The van der Waals surface area contributed by atoms with Crippen molar-refractivity contribution < 1.29 is 4.74 Å². The first-order valence-corrected chi connectivity index (χ1v) is 5.52. The van der Waals surface area contributed by atoms with Crippen molar-refractivity contribution in [3.8, 4) is 0 Å². The molecule has 0 bridgehead atoms. The van der Waals surface area contributed by atoms with Gasteiger partial charge in [0.15, 0.2) is 0 Å². The Morgan fingerprint density at radius 2 is 2.08 bits per heavy atom. The molecular formula is C11H21NO. The molecule has 1 aliphatic carbocycles. The zero-order valence-electron chi connectivity index (χ0n) is 8.97. The first-order valence-electron chi connectivity index (χ1n) is 5.52. The van der Waals surface area contributed by atoms with E-state index in [-0.39, 0.29) is 6.23 Å². The minimum atomic E-state index is 0.249. The zero-order chi connectivity index (χ0) is 9.47. The number of hydrogen-bond donors (Lipinski definition) is 1. The van der Waals surface area contributed by atoms with Crippen LogP contribution in [-0.4, -0.2) is 18.9 Å². The summed E-state index contributed by atoms with van der Waals surface area (Å²) in [5.74, 6) is 0.728. The number of rotatable bonds is 1. The first-order chi connectivity index (χ1) is 6.14. The lowest BCUT2D eigenvalue weighted by Gasteiger charge is -2.53. The summed E-state index contributed by atoms with van der Waals surface area (Å²) in [4.78, 5) is 0. The van der Waals surface area contributed by atoms with Crippen molar-refractivity contribution in [1.29, 1.82) is 0 Å². The topological polar surface area (TPSA) is 21.3 Å². The molecule has 2 atom stereocenters. The predicted octanol–water partition coefficient (Wildman–Crippen LogP) is 2.15. The van der Waals surface area contributed by atoms with Crippen LogP contribution in [0.5, 0.6) is 0 Å². The average Bonchev–Trinajstić information content (AvgIpc) is 2.01. The van der Waals surface area contributed by atoms with E-state index < -0.39 is 0 Å². The molecule has 1 saturated heterocycles. The van der Waals surface area contributed by atoms with Crippen molar-refractivity contribution in [3.05, 3.63) is 0 Å². The second-order valence-corrected chi connectivity index (χ2v) is 5.06. The molecule has 13 heavy (non-hydrogen) atoms. The maximum atomic E-state index is 5.70. The summed E-state index contributed by atoms with van der Waals surface area (Å²) in [6.45, 7) is 7.72. The van der Waals surface area contributed by atoms with E-state index in [0.717, 1.165) is 12.5 Å². The van der Waals surface area contributed by atoms with Crippen LogP contribution in [0.1, 0.15) is 40.0 Å². The summed E-state index contributed by atoms with van der Waals surface area (Å²) >= 11 is 0. The third kappa shape index (κ3) is 1.50. The van der Waals surface area contributed by atoms with Gasteiger partial charge in [0.1, 0.15) is 6.23 Å². The first kappa shape index (κ1) is 9.47. The fourth-order valence-corrected chi connectivity index (χ4v) is 2.84. The zero-order valence-corrected chi connectivity index (χ0v) is 8.97. The van der Waals surface area contributed by atoms with Crippen LogP contribution in [0.25, 0.3) is 0 Å². The normalized spacial score (nSPS) is 37.8. The van der Waals surface area contributed by atoms with E-state index in [1.165, 1.54) is 19.3 Å². The van der Waals surface area contributed by atoms with Gasteiger partial charge in [0.2, 0.25) is 0 Å². The third-order valence-corrected chi connectivity index (χ3v) is 3.71. The van der Waals surface area contributed by atoms with Gasteiger partial charge in [-0.05, 0) is 25.7 Å². The molecule has 0 amide bonds. The highest BCUT2D eigenvalue weighted by molar-refractivity contribution is 5.00. The molecule has 1 N–H and O–H groups in total. The summed E-state index contributed by atoms with van der Waals surface area (Å²) in [6, 6.07) is 0.671. The summed E-state index contributed by atoms with van der Waals surface area (Å²) < 4.78 is 5.70. The van der Waals surface area contributed by atoms with Crippen LogP contribution >= 0.6 is 0 Å². The Bertz CT molecular complexity index is 187. The molecular weight excluding hydrogens is 162 g/mol. The monoisotopic (exact) mass is 183 g/mol. The Kier molecular flexibility index (Phi) is 2.37. The van der Waals surface area contributed by atoms with Gasteiger partial charge >= 0.3 is 0 Å². The molecule has 2 fully saturated rings. The molecule has 2 rings (SSSR count). The van der Waals surface area contributed by atoms with Crippen LogP contribution in [0.3, 0.4) is 0 Å². The van der Waals surface area contributed by atoms with E-state index in [1.807, 2.05) is 0 Å². The van der Waals surface area contributed by atoms with Gasteiger partial charge in [0.05, 0.1) is 6.61 Å². The van der Waals surface area contributed by atoms with Crippen LogP contribution in [0.15, 0.2) is 0 Å². The van der Waals surface area contributed by atoms with Gasteiger partial charge in [-0.2, -0.15) is 0 Å². The number of nitrogens with one attached hydrogen (secondary N) is 1. The highest BCUT2D eigenvalue weighted by atomic mass is 16.5. The summed E-state index contributed by atoms with van der Waals surface area (Å²) in [6.07, 6.45) is 4.35. The highest BCUT2D eigenvalue weighted by Crippen LogP contribution is 2.48. The highest BCUT2D eigenvalue weighted by Gasteiger charge is 2.48. The third-order valence-electron chi connectivity index (χ3n) is 3.71. The lowest BCUT2D eigenvalue weighted by molar-refractivity contribution is -0.133. The van der Waals surface area contributed by atoms with Gasteiger partial charge in [-0.1, -0.05) is 20.3 Å². The molecule has 1 saturated carbocycles. The van der Waals surface area contributed by atoms with E-state index in [0.29, 0.717) is 11.5 Å². The van der Waals surface area contributed by atoms with Gasteiger partial charge in [-0.3, -0.25) is 5.32 Å². The molecule has 0 aromatic rings. The fraction of sp³-hybridized carbons (Fsp3) is 1.00. The maximum Gasteiger partial charge on any atom is 0.105 e. The number of hydrogen-bond acceptors (Lipinski definition) is 2. The van der Waals surface area contributed by atoms with Crippen molar-refractivity contribution in [2.75, 3.05) is 6.61 Å². The Hall–Kier alpha value is -0.0800. The molecule has 0 aromatic heterocycles. The van der Waals surface area contributed by atoms with Gasteiger partial charge < -0.3 is 4.74 Å². The maximum absolute atomic E-state index is 5.70. The van der Waals surface area contributed by atoms with Gasteiger partial charge in [-0.15, -0.1) is 0 Å². The smallest absolute Gasteiger partial charge is 0.105 e. The van der Waals surface area contributed by atoms with E-state index in [9.17, 15) is 0 Å². The van der Waals surface area contributed by atoms with E-state index in [4.69, 9.17) is 4.74 Å². The Balaban J connectivity index is 2.08. The Morgan fingerprint density at radius 1 is 1.38 bits per heavy atom. The summed E-state index contributed by atoms with van der Waals surface area (Å²) in [7, 11) is 0. The van der Waals surface area contributed by atoms with E-state index in [1.54, 1.807) is 0 Å². The molecule has 2 unspecified atom stereocenters. The van der Waals surface area contributed by atoms with Crippen LogP contribution < -0.4 is 5.32 Å². The van der Waals surface area contributed by atoms with Crippen LogP contribution in [0.4, 0.5) is 0 Å². The SMILES string of the molecule is CC1NC(C(C)C)C2(CCC2)CO1. The Labute approximate surface area is 81.0 Å². The fourth-order valence-electron chi connectivity index (χ4n) is 2.84. The van der Waals surface area contributed by atoms with Crippen LogP contribution in [0.2, 0.25) is 0 Å². The Morgan fingerprint density at radius 3 is 2.54 bits per heavy atom. The van der Waals surface area contributed by atoms with Crippen LogP contribution in [-0.2, 0) is 4.74 Å². The van der Waals surface area contributed by atoms with E-state index >= 15 is 0 Å².